The molecule has 5 nitrogen and oxygen atoms in total. The van der Waals surface area contributed by atoms with Gasteiger partial charge in [0.05, 0.1) is 0 Å². The molecule has 4 aromatic rings. The number of hydrogen-bond acceptors (Lipinski definition) is 3. The molecular weight excluding hydrogens is 300 g/mol. The maximum Gasteiger partial charge on any atom is 0.276 e. The van der Waals surface area contributed by atoms with Crippen molar-refractivity contribution in [2.24, 2.45) is 0 Å². The first-order valence-electron chi connectivity index (χ1n) is 7.78. The smallest absolute Gasteiger partial charge is 0.276 e. The number of rotatable bonds is 3. The Hall–Kier alpha value is -3.21. The van der Waals surface area contributed by atoms with E-state index in [0.717, 1.165) is 22.4 Å². The average Bonchev–Trinajstić information content (AvgIpc) is 3.04. The third-order valence-corrected chi connectivity index (χ3v) is 4.16. The fourth-order valence-corrected chi connectivity index (χ4v) is 2.89. The van der Waals surface area contributed by atoms with Gasteiger partial charge in [-0.2, -0.15) is 0 Å². The van der Waals surface area contributed by atoms with Crippen molar-refractivity contribution in [1.29, 1.82) is 0 Å². The number of fused-ring (bicyclic) bond motifs is 1. The van der Waals surface area contributed by atoms with Crippen LogP contribution in [0, 0.1) is 6.92 Å². The van der Waals surface area contributed by atoms with E-state index in [0.29, 0.717) is 17.6 Å². The molecule has 1 aromatic carbocycles. The molecule has 0 unspecified atom stereocenters. The molecule has 0 fully saturated rings. The molecule has 0 aliphatic heterocycles. The van der Waals surface area contributed by atoms with Gasteiger partial charge in [0.25, 0.3) is 5.56 Å². The van der Waals surface area contributed by atoms with Gasteiger partial charge in [-0.1, -0.05) is 36.4 Å². The van der Waals surface area contributed by atoms with Gasteiger partial charge in [0.2, 0.25) is 0 Å². The second kappa shape index (κ2) is 5.77. The Morgan fingerprint density at radius 1 is 1.12 bits per heavy atom. The minimum absolute atomic E-state index is 0.0588. The van der Waals surface area contributed by atoms with Gasteiger partial charge >= 0.3 is 0 Å². The molecule has 0 aliphatic carbocycles. The summed E-state index contributed by atoms with van der Waals surface area (Å²) in [5.41, 5.74) is 4.93. The van der Waals surface area contributed by atoms with Crippen LogP contribution in [0.5, 0.6) is 0 Å². The van der Waals surface area contributed by atoms with Crippen molar-refractivity contribution in [2.75, 3.05) is 0 Å². The van der Waals surface area contributed by atoms with E-state index < -0.39 is 0 Å². The highest BCUT2D eigenvalue weighted by Crippen LogP contribution is 2.22. The van der Waals surface area contributed by atoms with E-state index in [4.69, 9.17) is 0 Å². The normalized spacial score (nSPS) is 11.0. The molecule has 0 aliphatic rings. The highest BCUT2D eigenvalue weighted by Gasteiger charge is 2.15. The summed E-state index contributed by atoms with van der Waals surface area (Å²) >= 11 is 0. The average molecular weight is 316 g/mol. The van der Waals surface area contributed by atoms with E-state index in [2.05, 4.69) is 15.1 Å². The van der Waals surface area contributed by atoms with E-state index in [9.17, 15) is 4.79 Å². The standard InChI is InChI=1S/C19H16N4O/c1-13-16(10-14-6-3-2-4-7-14)19(24)23-18(22-13)17(12-21-23)15-8-5-9-20-11-15/h2-9,11-12,21H,10H2,1H3. The lowest BCUT2D eigenvalue weighted by atomic mass is 10.1. The van der Waals surface area contributed by atoms with Crippen molar-refractivity contribution in [1.82, 2.24) is 19.6 Å². The summed E-state index contributed by atoms with van der Waals surface area (Å²) < 4.78 is 1.51. The maximum atomic E-state index is 12.9. The predicted molar refractivity (Wildman–Crippen MR) is 93.0 cm³/mol. The molecule has 0 spiro atoms. The van der Waals surface area contributed by atoms with Crippen LogP contribution < -0.4 is 5.56 Å². The molecule has 0 amide bonds. The number of nitrogens with one attached hydrogen (secondary N) is 1. The van der Waals surface area contributed by atoms with Gasteiger partial charge in [0, 0.05) is 47.4 Å². The summed E-state index contributed by atoms with van der Waals surface area (Å²) in [6.07, 6.45) is 5.86. The lowest BCUT2D eigenvalue weighted by Gasteiger charge is -2.06. The molecule has 0 atom stereocenters. The zero-order valence-electron chi connectivity index (χ0n) is 13.2. The minimum atomic E-state index is -0.0588. The first-order chi connectivity index (χ1) is 11.7. The largest absolute Gasteiger partial charge is 0.296 e. The molecule has 24 heavy (non-hydrogen) atoms. The van der Waals surface area contributed by atoms with Crippen LogP contribution in [0.15, 0.2) is 65.8 Å². The number of hydrogen-bond donors (Lipinski definition) is 1. The number of aromatic nitrogens is 4. The molecule has 1 N–H and O–H groups in total. The van der Waals surface area contributed by atoms with E-state index >= 15 is 0 Å². The number of aryl methyl sites for hydroxylation is 1. The van der Waals surface area contributed by atoms with Crippen LogP contribution >= 0.6 is 0 Å². The van der Waals surface area contributed by atoms with E-state index in [1.807, 2.05) is 49.4 Å². The highest BCUT2D eigenvalue weighted by atomic mass is 16.1. The van der Waals surface area contributed by atoms with E-state index in [1.54, 1.807) is 18.6 Å². The van der Waals surface area contributed by atoms with Crippen molar-refractivity contribution in [3.05, 3.63) is 88.2 Å². The third kappa shape index (κ3) is 2.40. The highest BCUT2D eigenvalue weighted by molar-refractivity contribution is 5.76. The molecule has 0 saturated heterocycles. The zero-order valence-corrected chi connectivity index (χ0v) is 13.2. The summed E-state index contributed by atoms with van der Waals surface area (Å²) in [4.78, 5) is 21.7. The summed E-state index contributed by atoms with van der Waals surface area (Å²) in [5.74, 6) is 0. The van der Waals surface area contributed by atoms with Crippen molar-refractivity contribution in [2.45, 2.75) is 13.3 Å². The number of benzene rings is 1. The second-order valence-corrected chi connectivity index (χ2v) is 5.73. The van der Waals surface area contributed by atoms with Crippen molar-refractivity contribution < 1.29 is 0 Å². The maximum absolute atomic E-state index is 12.9. The SMILES string of the molecule is Cc1nc2c(-c3cccnc3)c[nH]n2c(=O)c1Cc1ccccc1. The van der Waals surface area contributed by atoms with Gasteiger partial charge in [-0.15, -0.1) is 0 Å². The fourth-order valence-electron chi connectivity index (χ4n) is 2.89. The Morgan fingerprint density at radius 2 is 1.96 bits per heavy atom. The Kier molecular flexibility index (Phi) is 3.46. The Morgan fingerprint density at radius 3 is 2.71 bits per heavy atom. The topological polar surface area (TPSA) is 63.1 Å². The first-order valence-corrected chi connectivity index (χ1v) is 7.78. The Bertz CT molecular complexity index is 1050. The number of nitrogens with zero attached hydrogens (tertiary/aromatic N) is 3. The third-order valence-electron chi connectivity index (χ3n) is 4.16. The quantitative estimate of drug-likeness (QED) is 0.632. The Balaban J connectivity index is 1.86. The van der Waals surface area contributed by atoms with E-state index in [-0.39, 0.29) is 5.56 Å². The van der Waals surface area contributed by atoms with Crippen molar-refractivity contribution >= 4 is 5.65 Å². The second-order valence-electron chi connectivity index (χ2n) is 5.73. The predicted octanol–water partition coefficient (Wildman–Crippen LogP) is 2.98. The number of H-pyrrole nitrogens is 1. The zero-order chi connectivity index (χ0) is 16.5. The molecule has 118 valence electrons. The van der Waals surface area contributed by atoms with Gasteiger partial charge in [-0.25, -0.2) is 9.50 Å². The molecule has 0 bridgehead atoms. The lowest BCUT2D eigenvalue weighted by molar-refractivity contribution is 0.860. The molecule has 5 heteroatoms. The Labute approximate surface area is 138 Å². The molecule has 0 saturated carbocycles. The van der Waals surface area contributed by atoms with Gasteiger partial charge in [-0.3, -0.25) is 14.9 Å². The van der Waals surface area contributed by atoms with Crippen LogP contribution in [-0.4, -0.2) is 19.6 Å². The van der Waals surface area contributed by atoms with Gasteiger partial charge in [0.15, 0.2) is 5.65 Å². The molecule has 3 aromatic heterocycles. The van der Waals surface area contributed by atoms with Crippen LogP contribution in [0.2, 0.25) is 0 Å². The lowest BCUT2D eigenvalue weighted by Crippen LogP contribution is -2.22. The van der Waals surface area contributed by atoms with Crippen LogP contribution in [0.4, 0.5) is 0 Å². The number of aromatic amines is 1. The first kappa shape index (κ1) is 14.4. The number of pyridine rings is 1. The van der Waals surface area contributed by atoms with E-state index in [1.165, 1.54) is 4.52 Å². The van der Waals surface area contributed by atoms with Crippen molar-refractivity contribution in [3.8, 4) is 11.1 Å². The van der Waals surface area contributed by atoms with Gasteiger partial charge in [-0.05, 0) is 18.6 Å². The van der Waals surface area contributed by atoms with Crippen LogP contribution in [-0.2, 0) is 6.42 Å². The molecule has 3 heterocycles. The fraction of sp³-hybridized carbons (Fsp3) is 0.105. The van der Waals surface area contributed by atoms with Gasteiger partial charge < -0.3 is 0 Å². The summed E-state index contributed by atoms with van der Waals surface area (Å²) in [6, 6.07) is 13.8. The monoisotopic (exact) mass is 316 g/mol. The minimum Gasteiger partial charge on any atom is -0.296 e. The summed E-state index contributed by atoms with van der Waals surface area (Å²) in [5, 5.41) is 3.02. The molecular formula is C19H16N4O. The van der Waals surface area contributed by atoms with Crippen LogP contribution in [0.1, 0.15) is 16.8 Å². The molecule has 4 rings (SSSR count). The van der Waals surface area contributed by atoms with Crippen molar-refractivity contribution in [3.63, 3.8) is 0 Å². The summed E-state index contributed by atoms with van der Waals surface area (Å²) in [6.45, 7) is 1.89. The van der Waals surface area contributed by atoms with Crippen LogP contribution in [0.3, 0.4) is 0 Å². The van der Waals surface area contributed by atoms with Crippen LogP contribution in [0.25, 0.3) is 16.8 Å². The molecule has 0 radical (unpaired) electrons. The summed E-state index contributed by atoms with van der Waals surface area (Å²) in [7, 11) is 0. The van der Waals surface area contributed by atoms with Gasteiger partial charge in [0.1, 0.15) is 0 Å².